The van der Waals surface area contributed by atoms with Gasteiger partial charge in [0.1, 0.15) is 5.69 Å². The maximum atomic E-state index is 10.6. The molecule has 0 saturated carbocycles. The zero-order valence-electron chi connectivity index (χ0n) is 6.95. The first-order valence-electron chi connectivity index (χ1n) is 3.53. The van der Waals surface area contributed by atoms with Crippen LogP contribution in [0.5, 0.6) is 0 Å². The molecule has 0 bridgehead atoms. The topological polar surface area (TPSA) is 59.4 Å². The summed E-state index contributed by atoms with van der Waals surface area (Å²) in [6, 6.07) is 3.08. The van der Waals surface area contributed by atoms with Crippen molar-refractivity contribution in [2.75, 3.05) is 7.11 Å². The number of halogens is 1. The minimum Gasteiger partial charge on any atom is -0.477 e. The summed E-state index contributed by atoms with van der Waals surface area (Å²) in [6.07, 6.45) is 0. The average molecular weight is 246 g/mol. The number of carboxylic acid groups (broad SMARTS) is 1. The molecule has 0 fully saturated rings. The largest absolute Gasteiger partial charge is 0.477 e. The van der Waals surface area contributed by atoms with E-state index in [1.165, 1.54) is 13.2 Å². The third kappa shape index (κ3) is 2.50. The van der Waals surface area contributed by atoms with Crippen LogP contribution in [0.4, 0.5) is 0 Å². The summed E-state index contributed by atoms with van der Waals surface area (Å²) in [5.74, 6) is -1.04. The number of aromatic carboxylic acids is 1. The number of carboxylic acids is 1. The van der Waals surface area contributed by atoms with E-state index in [2.05, 4.69) is 20.9 Å². The Labute approximate surface area is 83.7 Å². The molecule has 5 heteroatoms. The van der Waals surface area contributed by atoms with Crippen LogP contribution in [0.3, 0.4) is 0 Å². The van der Waals surface area contributed by atoms with Crippen LogP contribution in [0.1, 0.15) is 16.2 Å². The molecule has 70 valence electrons. The molecule has 0 radical (unpaired) electrons. The lowest BCUT2D eigenvalue weighted by Crippen LogP contribution is -2.04. The first kappa shape index (κ1) is 10.1. The number of nitrogens with zero attached hydrogens (tertiary/aromatic N) is 1. The van der Waals surface area contributed by atoms with Crippen LogP contribution in [-0.4, -0.2) is 23.2 Å². The predicted octanol–water partition coefficient (Wildman–Crippen LogP) is 1.69. The third-order valence-electron chi connectivity index (χ3n) is 1.42. The number of rotatable bonds is 3. The van der Waals surface area contributed by atoms with Gasteiger partial charge in [0.25, 0.3) is 0 Å². The smallest absolute Gasteiger partial charge is 0.354 e. The monoisotopic (exact) mass is 245 g/mol. The summed E-state index contributed by atoms with van der Waals surface area (Å²) in [5, 5.41) is 8.65. The first-order chi connectivity index (χ1) is 6.15. The second kappa shape index (κ2) is 4.34. The molecule has 0 aliphatic heterocycles. The molecule has 0 aliphatic rings. The Balaban J connectivity index is 3.03. The minimum atomic E-state index is -1.04. The van der Waals surface area contributed by atoms with Gasteiger partial charge in [0, 0.05) is 11.6 Å². The molecule has 0 aromatic carbocycles. The molecule has 1 rings (SSSR count). The van der Waals surface area contributed by atoms with E-state index in [9.17, 15) is 4.79 Å². The van der Waals surface area contributed by atoms with E-state index >= 15 is 0 Å². The van der Waals surface area contributed by atoms with Gasteiger partial charge in [-0.2, -0.15) is 0 Å². The number of ether oxygens (including phenoxy) is 1. The summed E-state index contributed by atoms with van der Waals surface area (Å²) in [7, 11) is 1.53. The molecule has 13 heavy (non-hydrogen) atoms. The molecule has 1 heterocycles. The minimum absolute atomic E-state index is 0.0234. The maximum absolute atomic E-state index is 10.6. The standard InChI is InChI=1S/C8H8BrNO3/c1-13-4-7-5(9)2-3-6(10-7)8(11)12/h2-3H,4H2,1H3,(H,11,12). The van der Waals surface area contributed by atoms with Gasteiger partial charge in [0.2, 0.25) is 0 Å². The molecule has 1 aromatic rings. The lowest BCUT2D eigenvalue weighted by molar-refractivity contribution is 0.0689. The highest BCUT2D eigenvalue weighted by Crippen LogP contribution is 2.15. The molecule has 0 aliphatic carbocycles. The fourth-order valence-corrected chi connectivity index (χ4v) is 1.18. The number of hydrogen-bond donors (Lipinski definition) is 1. The molecule has 0 saturated heterocycles. The van der Waals surface area contributed by atoms with Crippen LogP contribution in [0.2, 0.25) is 0 Å². The fraction of sp³-hybridized carbons (Fsp3) is 0.250. The van der Waals surface area contributed by atoms with Crippen molar-refractivity contribution in [3.63, 3.8) is 0 Å². The van der Waals surface area contributed by atoms with E-state index in [0.29, 0.717) is 12.3 Å². The Morgan fingerprint density at radius 2 is 2.38 bits per heavy atom. The van der Waals surface area contributed by atoms with Gasteiger partial charge in [0.15, 0.2) is 0 Å². The summed E-state index contributed by atoms with van der Waals surface area (Å²) < 4.78 is 5.61. The van der Waals surface area contributed by atoms with E-state index in [1.54, 1.807) is 6.07 Å². The molecule has 0 atom stereocenters. The Morgan fingerprint density at radius 3 is 2.92 bits per heavy atom. The Hall–Kier alpha value is -0.940. The van der Waals surface area contributed by atoms with Crippen LogP contribution < -0.4 is 0 Å². The summed E-state index contributed by atoms with van der Waals surface area (Å²) in [4.78, 5) is 14.4. The lowest BCUT2D eigenvalue weighted by Gasteiger charge is -2.02. The van der Waals surface area contributed by atoms with Crippen LogP contribution in [0.15, 0.2) is 16.6 Å². The first-order valence-corrected chi connectivity index (χ1v) is 4.32. The van der Waals surface area contributed by atoms with Crippen molar-refractivity contribution in [1.29, 1.82) is 0 Å². The van der Waals surface area contributed by atoms with Crippen molar-refractivity contribution in [2.45, 2.75) is 6.61 Å². The summed E-state index contributed by atoms with van der Waals surface area (Å²) >= 11 is 3.25. The van der Waals surface area contributed by atoms with Crippen molar-refractivity contribution in [3.8, 4) is 0 Å². The lowest BCUT2D eigenvalue weighted by atomic mass is 10.3. The second-order valence-electron chi connectivity index (χ2n) is 2.36. The van der Waals surface area contributed by atoms with E-state index in [-0.39, 0.29) is 5.69 Å². The Bertz CT molecular complexity index is 327. The molecule has 0 spiro atoms. The molecule has 4 nitrogen and oxygen atoms in total. The maximum Gasteiger partial charge on any atom is 0.354 e. The van der Waals surface area contributed by atoms with Gasteiger partial charge in [-0.25, -0.2) is 9.78 Å². The summed E-state index contributed by atoms with van der Waals surface area (Å²) in [5.41, 5.74) is 0.609. The highest BCUT2D eigenvalue weighted by Gasteiger charge is 2.08. The number of hydrogen-bond acceptors (Lipinski definition) is 3. The van der Waals surface area contributed by atoms with Gasteiger partial charge in [-0.05, 0) is 28.1 Å². The normalized spacial score (nSPS) is 10.0. The summed E-state index contributed by atoms with van der Waals surface area (Å²) in [6.45, 7) is 0.293. The van der Waals surface area contributed by atoms with Crippen molar-refractivity contribution in [2.24, 2.45) is 0 Å². The predicted molar refractivity (Wildman–Crippen MR) is 49.6 cm³/mol. The van der Waals surface area contributed by atoms with Crippen LogP contribution in [-0.2, 0) is 11.3 Å². The van der Waals surface area contributed by atoms with Crippen LogP contribution in [0, 0.1) is 0 Å². The van der Waals surface area contributed by atoms with Crippen molar-refractivity contribution >= 4 is 21.9 Å². The number of aromatic nitrogens is 1. The number of methoxy groups -OCH3 is 1. The van der Waals surface area contributed by atoms with Crippen LogP contribution in [0.25, 0.3) is 0 Å². The van der Waals surface area contributed by atoms with Gasteiger partial charge in [0.05, 0.1) is 12.3 Å². The highest BCUT2D eigenvalue weighted by molar-refractivity contribution is 9.10. The van der Waals surface area contributed by atoms with E-state index in [0.717, 1.165) is 4.47 Å². The Morgan fingerprint density at radius 1 is 1.69 bits per heavy atom. The van der Waals surface area contributed by atoms with E-state index in [4.69, 9.17) is 9.84 Å². The SMILES string of the molecule is COCc1nc(C(=O)O)ccc1Br. The third-order valence-corrected chi connectivity index (χ3v) is 2.14. The Kier molecular flexibility index (Phi) is 3.39. The quantitative estimate of drug-likeness (QED) is 0.881. The molecular weight excluding hydrogens is 238 g/mol. The van der Waals surface area contributed by atoms with Crippen molar-refractivity contribution in [3.05, 3.63) is 28.0 Å². The van der Waals surface area contributed by atoms with Gasteiger partial charge in [-0.1, -0.05) is 0 Å². The van der Waals surface area contributed by atoms with Crippen molar-refractivity contribution < 1.29 is 14.6 Å². The highest BCUT2D eigenvalue weighted by atomic mass is 79.9. The molecule has 0 amide bonds. The van der Waals surface area contributed by atoms with Crippen LogP contribution >= 0.6 is 15.9 Å². The average Bonchev–Trinajstić information content (AvgIpc) is 2.08. The molecular formula is C8H8BrNO3. The van der Waals surface area contributed by atoms with E-state index < -0.39 is 5.97 Å². The number of carbonyl (C=O) groups is 1. The second-order valence-corrected chi connectivity index (χ2v) is 3.22. The van der Waals surface area contributed by atoms with Gasteiger partial charge in [-0.15, -0.1) is 0 Å². The molecule has 1 N–H and O–H groups in total. The number of pyridine rings is 1. The van der Waals surface area contributed by atoms with E-state index in [1.807, 2.05) is 0 Å². The zero-order valence-corrected chi connectivity index (χ0v) is 8.54. The van der Waals surface area contributed by atoms with Crippen molar-refractivity contribution in [1.82, 2.24) is 4.98 Å². The molecule has 0 unspecified atom stereocenters. The fourth-order valence-electron chi connectivity index (χ4n) is 0.841. The molecule has 1 aromatic heterocycles. The van der Waals surface area contributed by atoms with Gasteiger partial charge >= 0.3 is 5.97 Å². The van der Waals surface area contributed by atoms with Gasteiger partial charge < -0.3 is 9.84 Å². The zero-order chi connectivity index (χ0) is 9.84. The van der Waals surface area contributed by atoms with Gasteiger partial charge in [-0.3, -0.25) is 0 Å².